The summed E-state index contributed by atoms with van der Waals surface area (Å²) in [6.07, 6.45) is 0. The lowest BCUT2D eigenvalue weighted by atomic mass is 10.2. The molecule has 2 nitrogen and oxygen atoms in total. The molecular formula is C8H7Cl2NO. The maximum atomic E-state index is 11.2. The predicted molar refractivity (Wildman–Crippen MR) is 49.6 cm³/mol. The lowest BCUT2D eigenvalue weighted by Crippen LogP contribution is -2.21. The van der Waals surface area contributed by atoms with Crippen LogP contribution >= 0.6 is 23.2 Å². The zero-order valence-corrected chi connectivity index (χ0v) is 7.69. The number of halogens is 2. The van der Waals surface area contributed by atoms with Gasteiger partial charge in [0.05, 0.1) is 16.6 Å². The summed E-state index contributed by atoms with van der Waals surface area (Å²) >= 11 is 11.1. The third-order valence-electron chi connectivity index (χ3n) is 1.35. The molecule has 64 valence electrons. The Hall–Kier alpha value is -0.730. The maximum absolute atomic E-state index is 11.2. The van der Waals surface area contributed by atoms with Crippen LogP contribution in [0.3, 0.4) is 0 Å². The van der Waals surface area contributed by atoms with E-state index >= 15 is 0 Å². The van der Waals surface area contributed by atoms with Crippen LogP contribution in [0.2, 0.25) is 5.02 Å². The van der Waals surface area contributed by atoms with Crippen LogP contribution in [-0.4, -0.2) is 11.9 Å². The Morgan fingerprint density at radius 1 is 1.42 bits per heavy atom. The Morgan fingerprint density at radius 3 is 2.67 bits per heavy atom. The minimum absolute atomic E-state index is 0.0874. The highest BCUT2D eigenvalue weighted by atomic mass is 35.5. The highest BCUT2D eigenvalue weighted by Crippen LogP contribution is 2.14. The van der Waals surface area contributed by atoms with Crippen molar-refractivity contribution < 1.29 is 4.79 Å². The van der Waals surface area contributed by atoms with Crippen molar-refractivity contribution in [3.05, 3.63) is 34.9 Å². The Labute approximate surface area is 80.5 Å². The average molecular weight is 204 g/mol. The number of nitrogens with one attached hydrogen (secondary N) is 1. The standard InChI is InChI=1S/C8H7Cl2NO/c9-5-11-8(12)6-3-1-2-4-7(6)10/h1-4H,5H2,(H,11,12). The second-order valence-corrected chi connectivity index (χ2v) is 2.79. The molecule has 1 aromatic carbocycles. The minimum Gasteiger partial charge on any atom is -0.338 e. The summed E-state index contributed by atoms with van der Waals surface area (Å²) in [7, 11) is 0. The molecule has 0 aromatic heterocycles. The Kier molecular flexibility index (Phi) is 3.38. The first kappa shape index (κ1) is 9.36. The van der Waals surface area contributed by atoms with Gasteiger partial charge in [-0.1, -0.05) is 23.7 Å². The fraction of sp³-hybridized carbons (Fsp3) is 0.125. The first-order chi connectivity index (χ1) is 5.75. The molecule has 0 heterocycles. The van der Waals surface area contributed by atoms with Gasteiger partial charge in [0.2, 0.25) is 0 Å². The van der Waals surface area contributed by atoms with Crippen molar-refractivity contribution in [3.8, 4) is 0 Å². The third-order valence-corrected chi connectivity index (χ3v) is 1.81. The second-order valence-electron chi connectivity index (χ2n) is 2.12. The van der Waals surface area contributed by atoms with Crippen LogP contribution in [0.1, 0.15) is 10.4 Å². The van der Waals surface area contributed by atoms with Gasteiger partial charge in [-0.2, -0.15) is 0 Å². The summed E-state index contributed by atoms with van der Waals surface area (Å²) in [6.45, 7) is 0. The van der Waals surface area contributed by atoms with E-state index in [0.29, 0.717) is 10.6 Å². The number of amides is 1. The van der Waals surface area contributed by atoms with E-state index in [9.17, 15) is 4.79 Å². The normalized spacial score (nSPS) is 9.50. The van der Waals surface area contributed by atoms with E-state index < -0.39 is 0 Å². The van der Waals surface area contributed by atoms with Crippen LogP contribution in [0.15, 0.2) is 24.3 Å². The number of hydrogen-bond donors (Lipinski definition) is 1. The van der Waals surface area contributed by atoms with Gasteiger partial charge in [-0.15, -0.1) is 11.6 Å². The number of benzene rings is 1. The predicted octanol–water partition coefficient (Wildman–Crippen LogP) is 2.27. The summed E-state index contributed by atoms with van der Waals surface area (Å²) in [5.41, 5.74) is 0.444. The van der Waals surface area contributed by atoms with Gasteiger partial charge in [-0.25, -0.2) is 0 Å². The van der Waals surface area contributed by atoms with E-state index in [1.165, 1.54) is 0 Å². The number of hydrogen-bond acceptors (Lipinski definition) is 1. The maximum Gasteiger partial charge on any atom is 0.253 e. The number of rotatable bonds is 2. The Morgan fingerprint density at radius 2 is 2.08 bits per heavy atom. The monoisotopic (exact) mass is 203 g/mol. The number of alkyl halides is 1. The van der Waals surface area contributed by atoms with Crippen molar-refractivity contribution in [2.45, 2.75) is 0 Å². The fourth-order valence-electron chi connectivity index (χ4n) is 0.801. The van der Waals surface area contributed by atoms with Crippen molar-refractivity contribution in [1.82, 2.24) is 5.32 Å². The topological polar surface area (TPSA) is 29.1 Å². The quantitative estimate of drug-likeness (QED) is 0.581. The molecule has 0 unspecified atom stereocenters. The molecular weight excluding hydrogens is 197 g/mol. The Bertz CT molecular complexity index is 288. The first-order valence-corrected chi connectivity index (χ1v) is 4.25. The molecule has 1 N–H and O–H groups in total. The van der Waals surface area contributed by atoms with Crippen molar-refractivity contribution in [3.63, 3.8) is 0 Å². The summed E-state index contributed by atoms with van der Waals surface area (Å²) < 4.78 is 0. The second kappa shape index (κ2) is 4.33. The zero-order chi connectivity index (χ0) is 8.97. The van der Waals surface area contributed by atoms with Gasteiger partial charge >= 0.3 is 0 Å². The summed E-state index contributed by atoms with van der Waals surface area (Å²) in [6, 6.07) is 6.90. The van der Waals surface area contributed by atoms with Gasteiger partial charge in [0.25, 0.3) is 5.91 Å². The molecule has 0 bridgehead atoms. The van der Waals surface area contributed by atoms with Crippen LogP contribution in [-0.2, 0) is 0 Å². The molecule has 1 rings (SSSR count). The van der Waals surface area contributed by atoms with Gasteiger partial charge in [0, 0.05) is 0 Å². The summed E-state index contributed by atoms with van der Waals surface area (Å²) in [4.78, 5) is 11.2. The van der Waals surface area contributed by atoms with Gasteiger partial charge in [0.15, 0.2) is 0 Å². The molecule has 0 saturated heterocycles. The molecule has 1 amide bonds. The molecule has 4 heteroatoms. The van der Waals surface area contributed by atoms with E-state index in [1.54, 1.807) is 24.3 Å². The molecule has 0 aliphatic rings. The van der Waals surface area contributed by atoms with E-state index in [1.807, 2.05) is 0 Å². The van der Waals surface area contributed by atoms with Crippen molar-refractivity contribution in [1.29, 1.82) is 0 Å². The summed E-state index contributed by atoms with van der Waals surface area (Å²) in [5.74, 6) is -0.254. The smallest absolute Gasteiger partial charge is 0.253 e. The zero-order valence-electron chi connectivity index (χ0n) is 6.18. The van der Waals surface area contributed by atoms with E-state index in [0.717, 1.165) is 0 Å². The highest BCUT2D eigenvalue weighted by molar-refractivity contribution is 6.34. The minimum atomic E-state index is -0.254. The van der Waals surface area contributed by atoms with E-state index in [-0.39, 0.29) is 11.9 Å². The lowest BCUT2D eigenvalue weighted by Gasteiger charge is -2.01. The molecule has 1 aromatic rings. The number of carbonyl (C=O) groups is 1. The number of carbonyl (C=O) groups excluding carboxylic acids is 1. The van der Waals surface area contributed by atoms with Crippen molar-refractivity contribution in [2.75, 3.05) is 6.00 Å². The van der Waals surface area contributed by atoms with Gasteiger partial charge in [-0.3, -0.25) is 4.79 Å². The molecule has 0 radical (unpaired) electrons. The molecule has 0 aliphatic carbocycles. The lowest BCUT2D eigenvalue weighted by molar-refractivity contribution is 0.0960. The Balaban J connectivity index is 2.87. The SMILES string of the molecule is O=C(NCCl)c1ccccc1Cl. The van der Waals surface area contributed by atoms with Crippen LogP contribution in [0.5, 0.6) is 0 Å². The molecule has 12 heavy (non-hydrogen) atoms. The van der Waals surface area contributed by atoms with Crippen molar-refractivity contribution in [2.24, 2.45) is 0 Å². The highest BCUT2D eigenvalue weighted by Gasteiger charge is 2.06. The molecule has 0 spiro atoms. The summed E-state index contributed by atoms with van der Waals surface area (Å²) in [5, 5.41) is 2.88. The van der Waals surface area contributed by atoms with Crippen LogP contribution in [0.4, 0.5) is 0 Å². The van der Waals surface area contributed by atoms with Gasteiger partial charge in [0.1, 0.15) is 0 Å². The van der Waals surface area contributed by atoms with E-state index in [2.05, 4.69) is 5.32 Å². The largest absolute Gasteiger partial charge is 0.338 e. The fourth-order valence-corrected chi connectivity index (χ4v) is 1.14. The molecule has 0 fully saturated rings. The van der Waals surface area contributed by atoms with E-state index in [4.69, 9.17) is 23.2 Å². The average Bonchev–Trinajstić information content (AvgIpc) is 2.05. The van der Waals surface area contributed by atoms with Crippen LogP contribution in [0, 0.1) is 0 Å². The molecule has 0 aliphatic heterocycles. The first-order valence-electron chi connectivity index (χ1n) is 3.34. The van der Waals surface area contributed by atoms with Crippen molar-refractivity contribution >= 4 is 29.1 Å². The van der Waals surface area contributed by atoms with Gasteiger partial charge in [-0.05, 0) is 12.1 Å². The van der Waals surface area contributed by atoms with Gasteiger partial charge < -0.3 is 5.32 Å². The van der Waals surface area contributed by atoms with Crippen LogP contribution < -0.4 is 5.32 Å². The molecule has 0 saturated carbocycles. The molecule has 0 atom stereocenters. The third kappa shape index (κ3) is 2.13. The van der Waals surface area contributed by atoms with Crippen LogP contribution in [0.25, 0.3) is 0 Å².